The maximum atomic E-state index is 5.88. The van der Waals surface area contributed by atoms with Crippen LogP contribution in [0.3, 0.4) is 0 Å². The molecule has 4 rings (SSSR count). The number of nitrogens with zero attached hydrogens (tertiary/aromatic N) is 2. The molecule has 0 unspecified atom stereocenters. The molecule has 1 aromatic carbocycles. The predicted octanol–water partition coefficient (Wildman–Crippen LogP) is 1.23. The van der Waals surface area contributed by atoms with E-state index in [4.69, 9.17) is 18.9 Å². The van der Waals surface area contributed by atoms with Crippen molar-refractivity contribution in [3.05, 3.63) is 17.7 Å². The lowest BCUT2D eigenvalue weighted by Crippen LogP contribution is -2.42. The van der Waals surface area contributed by atoms with Crippen LogP contribution >= 0.6 is 0 Å². The zero-order chi connectivity index (χ0) is 16.5. The smallest absolute Gasteiger partial charge is 0.165 e. The Morgan fingerprint density at radius 2 is 1.88 bits per heavy atom. The fourth-order valence-corrected chi connectivity index (χ4v) is 4.00. The average Bonchev–Trinajstić information content (AvgIpc) is 2.83. The van der Waals surface area contributed by atoms with Gasteiger partial charge in [0.05, 0.1) is 20.3 Å². The Morgan fingerprint density at radius 1 is 1.08 bits per heavy atom. The topological polar surface area (TPSA) is 43.4 Å². The largest absolute Gasteiger partial charge is 0.496 e. The van der Waals surface area contributed by atoms with Gasteiger partial charge < -0.3 is 23.8 Å². The molecule has 132 valence electrons. The van der Waals surface area contributed by atoms with Gasteiger partial charge in [0, 0.05) is 49.8 Å². The summed E-state index contributed by atoms with van der Waals surface area (Å²) in [6, 6.07) is 4.45. The van der Waals surface area contributed by atoms with E-state index >= 15 is 0 Å². The van der Waals surface area contributed by atoms with E-state index in [9.17, 15) is 0 Å². The van der Waals surface area contributed by atoms with Crippen molar-refractivity contribution >= 4 is 0 Å². The highest BCUT2D eigenvalue weighted by Gasteiger charge is 2.32. The minimum atomic E-state index is 0.417. The van der Waals surface area contributed by atoms with Crippen LogP contribution in [0, 0.1) is 5.92 Å². The molecule has 2 atom stereocenters. The first-order valence-corrected chi connectivity index (χ1v) is 8.70. The van der Waals surface area contributed by atoms with Crippen molar-refractivity contribution in [2.45, 2.75) is 12.6 Å². The summed E-state index contributed by atoms with van der Waals surface area (Å²) in [6.45, 7) is 6.91. The molecular weight excluding hydrogens is 308 g/mol. The molecule has 6 heteroatoms. The summed E-state index contributed by atoms with van der Waals surface area (Å²) in [5, 5.41) is 0. The van der Waals surface area contributed by atoms with E-state index in [1.807, 2.05) is 6.07 Å². The van der Waals surface area contributed by atoms with E-state index in [2.05, 4.69) is 22.9 Å². The zero-order valence-corrected chi connectivity index (χ0v) is 14.5. The Kier molecular flexibility index (Phi) is 4.52. The summed E-state index contributed by atoms with van der Waals surface area (Å²) in [7, 11) is 3.92. The molecule has 0 saturated carbocycles. The van der Waals surface area contributed by atoms with Gasteiger partial charge in [0.15, 0.2) is 11.5 Å². The summed E-state index contributed by atoms with van der Waals surface area (Å²) < 4.78 is 22.9. The Balaban J connectivity index is 1.60. The Bertz CT molecular complexity index is 595. The average molecular weight is 334 g/mol. The minimum Gasteiger partial charge on any atom is -0.496 e. The monoisotopic (exact) mass is 334 g/mol. The zero-order valence-electron chi connectivity index (χ0n) is 14.5. The lowest BCUT2D eigenvalue weighted by molar-refractivity contribution is 0.0560. The van der Waals surface area contributed by atoms with Crippen LogP contribution in [0.15, 0.2) is 12.1 Å². The van der Waals surface area contributed by atoms with Crippen LogP contribution in [0.4, 0.5) is 0 Å². The molecule has 2 bridgehead atoms. The van der Waals surface area contributed by atoms with Crippen LogP contribution in [-0.2, 0) is 11.3 Å². The lowest BCUT2D eigenvalue weighted by Gasteiger charge is -2.30. The van der Waals surface area contributed by atoms with Gasteiger partial charge >= 0.3 is 0 Å². The number of benzene rings is 1. The predicted molar refractivity (Wildman–Crippen MR) is 90.0 cm³/mol. The number of hydrogen-bond donors (Lipinski definition) is 0. The van der Waals surface area contributed by atoms with Crippen LogP contribution < -0.4 is 14.2 Å². The summed E-state index contributed by atoms with van der Waals surface area (Å²) in [5.41, 5.74) is 1.15. The van der Waals surface area contributed by atoms with Gasteiger partial charge in [-0.3, -0.25) is 4.90 Å². The molecule has 24 heavy (non-hydrogen) atoms. The molecule has 0 amide bonds. The van der Waals surface area contributed by atoms with Crippen molar-refractivity contribution in [1.29, 1.82) is 0 Å². The third kappa shape index (κ3) is 3.18. The van der Waals surface area contributed by atoms with Gasteiger partial charge in [-0.05, 0) is 13.1 Å². The van der Waals surface area contributed by atoms with Crippen molar-refractivity contribution < 1.29 is 18.9 Å². The number of methoxy groups -OCH3 is 1. The van der Waals surface area contributed by atoms with E-state index in [0.717, 1.165) is 62.2 Å². The van der Waals surface area contributed by atoms with Gasteiger partial charge in [-0.15, -0.1) is 0 Å². The molecule has 0 spiro atoms. The van der Waals surface area contributed by atoms with Crippen molar-refractivity contribution in [2.24, 2.45) is 5.92 Å². The molecule has 3 heterocycles. The van der Waals surface area contributed by atoms with Gasteiger partial charge in [-0.2, -0.15) is 0 Å². The van der Waals surface area contributed by atoms with Crippen LogP contribution in [0.1, 0.15) is 5.56 Å². The summed E-state index contributed by atoms with van der Waals surface area (Å²) >= 11 is 0. The molecule has 3 aliphatic heterocycles. The first kappa shape index (κ1) is 16.0. The van der Waals surface area contributed by atoms with Gasteiger partial charge in [0.1, 0.15) is 19.0 Å². The molecule has 2 fully saturated rings. The maximum Gasteiger partial charge on any atom is 0.165 e. The number of rotatable bonds is 3. The molecule has 6 nitrogen and oxygen atoms in total. The molecule has 2 saturated heterocycles. The summed E-state index contributed by atoms with van der Waals surface area (Å²) in [6.07, 6.45) is 0. The number of hydrogen-bond acceptors (Lipinski definition) is 6. The van der Waals surface area contributed by atoms with E-state index < -0.39 is 0 Å². The summed E-state index contributed by atoms with van der Waals surface area (Å²) in [4.78, 5) is 4.97. The Morgan fingerprint density at radius 3 is 2.67 bits per heavy atom. The van der Waals surface area contributed by atoms with Crippen molar-refractivity contribution in [3.63, 3.8) is 0 Å². The van der Waals surface area contributed by atoms with Gasteiger partial charge in [-0.1, -0.05) is 0 Å². The Hall–Kier alpha value is -1.50. The molecule has 0 aliphatic carbocycles. The normalized spacial score (nSPS) is 27.6. The van der Waals surface area contributed by atoms with Gasteiger partial charge in [0.25, 0.3) is 0 Å². The minimum absolute atomic E-state index is 0.417. The lowest BCUT2D eigenvalue weighted by atomic mass is 10.1. The van der Waals surface area contributed by atoms with Crippen molar-refractivity contribution in [1.82, 2.24) is 9.80 Å². The molecular formula is C18H26N2O4. The fourth-order valence-electron chi connectivity index (χ4n) is 4.00. The highest BCUT2D eigenvalue weighted by atomic mass is 16.6. The fraction of sp³-hybridized carbons (Fsp3) is 0.667. The van der Waals surface area contributed by atoms with Crippen molar-refractivity contribution in [3.8, 4) is 17.2 Å². The van der Waals surface area contributed by atoms with Gasteiger partial charge in [-0.25, -0.2) is 0 Å². The Labute approximate surface area is 143 Å². The van der Waals surface area contributed by atoms with Crippen LogP contribution in [0.2, 0.25) is 0 Å². The van der Waals surface area contributed by atoms with E-state index in [1.165, 1.54) is 0 Å². The molecule has 3 aliphatic rings. The quantitative estimate of drug-likeness (QED) is 0.828. The van der Waals surface area contributed by atoms with Crippen molar-refractivity contribution in [2.75, 3.05) is 60.2 Å². The van der Waals surface area contributed by atoms with Crippen LogP contribution in [0.25, 0.3) is 0 Å². The van der Waals surface area contributed by atoms with Crippen LogP contribution in [0.5, 0.6) is 17.2 Å². The third-order valence-corrected chi connectivity index (χ3v) is 5.08. The number of ether oxygens (including phenoxy) is 4. The first-order valence-electron chi connectivity index (χ1n) is 8.70. The maximum absolute atomic E-state index is 5.88. The third-order valence-electron chi connectivity index (χ3n) is 5.08. The second-order valence-electron chi connectivity index (χ2n) is 7.02. The van der Waals surface area contributed by atoms with E-state index in [1.54, 1.807) is 7.11 Å². The molecule has 0 radical (unpaired) electrons. The highest BCUT2D eigenvalue weighted by Crippen LogP contribution is 2.37. The van der Waals surface area contributed by atoms with Gasteiger partial charge in [0.2, 0.25) is 0 Å². The molecule has 0 N–H and O–H groups in total. The number of fused-ring (bicyclic) bond motifs is 4. The molecule has 0 aromatic heterocycles. The van der Waals surface area contributed by atoms with E-state index in [0.29, 0.717) is 25.2 Å². The SMILES string of the molecule is COc1cc2c(cc1CN1C[C@H]3COC[C@@H]1CN(C)C3)OCCO2. The molecule has 1 aromatic rings. The van der Waals surface area contributed by atoms with Crippen LogP contribution in [-0.4, -0.2) is 76.1 Å². The first-order chi connectivity index (χ1) is 11.7. The second-order valence-corrected chi connectivity index (χ2v) is 7.02. The summed E-state index contributed by atoms with van der Waals surface area (Å²) in [5.74, 6) is 3.03. The number of likely N-dealkylation sites (N-methyl/N-ethyl adjacent to an activating group) is 1. The van der Waals surface area contributed by atoms with E-state index in [-0.39, 0.29) is 0 Å². The second kappa shape index (κ2) is 6.78. The standard InChI is InChI=1S/C18H26N2O4/c1-19-7-13-8-20(15(10-19)12-22-11-13)9-14-5-17-18(6-16(14)21-2)24-4-3-23-17/h5-6,13,15H,3-4,7-12H2,1-2H3/t13-,15-/m0/s1. The highest BCUT2D eigenvalue weighted by molar-refractivity contribution is 5.51.